The summed E-state index contributed by atoms with van der Waals surface area (Å²) in [6, 6.07) is 69.2. The molecule has 0 N–H and O–H groups in total. The van der Waals surface area contributed by atoms with Gasteiger partial charge >= 0.3 is 0 Å². The number of fused-ring (bicyclic) bond motifs is 6. The van der Waals surface area contributed by atoms with E-state index in [1.807, 2.05) is 12.1 Å². The standard InChI is InChI=1S/C48H32N2O/c1-3-11-33(12-4-1)34-19-26-39(27-20-34)50-45-17-9-7-15-41(45)43-31-36(23-29-46(43)50)35-21-24-38(25-22-35)49(37-13-5-2-6-14-37)40-28-30-48-44(32-40)42-16-8-10-18-47(42)51-48/h1-32H. The Morgan fingerprint density at radius 3 is 1.69 bits per heavy atom. The molecular weight excluding hydrogens is 621 g/mol. The summed E-state index contributed by atoms with van der Waals surface area (Å²) < 4.78 is 8.53. The van der Waals surface area contributed by atoms with E-state index in [0.29, 0.717) is 0 Å². The summed E-state index contributed by atoms with van der Waals surface area (Å²) in [6.07, 6.45) is 0. The molecule has 0 saturated heterocycles. The average Bonchev–Trinajstić information content (AvgIpc) is 3.74. The van der Waals surface area contributed by atoms with Crippen LogP contribution in [0, 0.1) is 0 Å². The third-order valence-corrected chi connectivity index (χ3v) is 10.00. The van der Waals surface area contributed by atoms with E-state index in [9.17, 15) is 0 Å². The lowest BCUT2D eigenvalue weighted by Gasteiger charge is -2.25. The van der Waals surface area contributed by atoms with Crippen molar-refractivity contribution in [1.82, 2.24) is 4.57 Å². The van der Waals surface area contributed by atoms with Crippen molar-refractivity contribution in [3.05, 3.63) is 194 Å². The largest absolute Gasteiger partial charge is 0.456 e. The zero-order chi connectivity index (χ0) is 33.7. The Morgan fingerprint density at radius 1 is 0.333 bits per heavy atom. The van der Waals surface area contributed by atoms with Crippen molar-refractivity contribution < 1.29 is 4.42 Å². The highest BCUT2D eigenvalue weighted by molar-refractivity contribution is 6.10. The molecule has 2 aromatic heterocycles. The Kier molecular flexibility index (Phi) is 6.81. The molecule has 10 rings (SSSR count). The summed E-state index contributed by atoms with van der Waals surface area (Å²) in [5.41, 5.74) is 13.4. The fourth-order valence-electron chi connectivity index (χ4n) is 7.54. The number of anilines is 3. The van der Waals surface area contributed by atoms with Crippen LogP contribution in [0.3, 0.4) is 0 Å². The van der Waals surface area contributed by atoms with Crippen molar-refractivity contribution >= 4 is 60.8 Å². The number of rotatable bonds is 6. The van der Waals surface area contributed by atoms with Crippen LogP contribution in [0.5, 0.6) is 0 Å². The highest BCUT2D eigenvalue weighted by Crippen LogP contribution is 2.40. The molecule has 240 valence electrons. The maximum absolute atomic E-state index is 6.15. The van der Waals surface area contributed by atoms with E-state index in [2.05, 4.69) is 191 Å². The summed E-state index contributed by atoms with van der Waals surface area (Å²) >= 11 is 0. The number of aromatic nitrogens is 1. The van der Waals surface area contributed by atoms with Crippen molar-refractivity contribution in [3.63, 3.8) is 0 Å². The highest BCUT2D eigenvalue weighted by Gasteiger charge is 2.17. The first-order valence-corrected chi connectivity index (χ1v) is 17.3. The lowest BCUT2D eigenvalue weighted by atomic mass is 10.0. The highest BCUT2D eigenvalue weighted by atomic mass is 16.3. The molecule has 0 aliphatic rings. The van der Waals surface area contributed by atoms with Crippen LogP contribution in [0.4, 0.5) is 17.1 Å². The number of para-hydroxylation sites is 3. The van der Waals surface area contributed by atoms with E-state index in [1.165, 1.54) is 44.1 Å². The van der Waals surface area contributed by atoms with E-state index in [1.54, 1.807) is 0 Å². The number of hydrogen-bond acceptors (Lipinski definition) is 2. The molecule has 0 spiro atoms. The van der Waals surface area contributed by atoms with Crippen LogP contribution in [-0.4, -0.2) is 4.57 Å². The molecule has 0 saturated carbocycles. The molecule has 3 heteroatoms. The fourth-order valence-corrected chi connectivity index (χ4v) is 7.54. The molecule has 2 heterocycles. The molecule has 0 bridgehead atoms. The molecule has 0 atom stereocenters. The zero-order valence-electron chi connectivity index (χ0n) is 27.8. The predicted octanol–water partition coefficient (Wildman–Crippen LogP) is 13.5. The molecule has 0 aliphatic heterocycles. The molecule has 0 aliphatic carbocycles. The Balaban J connectivity index is 1.04. The summed E-state index contributed by atoms with van der Waals surface area (Å²) in [5, 5.41) is 4.72. The van der Waals surface area contributed by atoms with Gasteiger partial charge in [-0.2, -0.15) is 0 Å². The second-order valence-corrected chi connectivity index (χ2v) is 13.0. The molecule has 0 fully saturated rings. The first kappa shape index (κ1) is 29.1. The fraction of sp³-hybridized carbons (Fsp3) is 0. The quantitative estimate of drug-likeness (QED) is 0.178. The summed E-state index contributed by atoms with van der Waals surface area (Å²) in [6.45, 7) is 0. The minimum absolute atomic E-state index is 0.893. The van der Waals surface area contributed by atoms with E-state index in [0.717, 1.165) is 44.7 Å². The number of benzene rings is 8. The Labute approximate surface area is 295 Å². The first-order chi connectivity index (χ1) is 25.3. The minimum atomic E-state index is 0.893. The third-order valence-electron chi connectivity index (χ3n) is 10.00. The summed E-state index contributed by atoms with van der Waals surface area (Å²) in [7, 11) is 0. The van der Waals surface area contributed by atoms with Crippen molar-refractivity contribution in [2.24, 2.45) is 0 Å². The van der Waals surface area contributed by atoms with Gasteiger partial charge in [0.25, 0.3) is 0 Å². The molecule has 0 amide bonds. The normalized spacial score (nSPS) is 11.5. The zero-order valence-corrected chi connectivity index (χ0v) is 27.8. The van der Waals surface area contributed by atoms with Gasteiger partial charge in [-0.25, -0.2) is 0 Å². The monoisotopic (exact) mass is 652 g/mol. The third kappa shape index (κ3) is 4.98. The Morgan fingerprint density at radius 2 is 0.882 bits per heavy atom. The molecule has 3 nitrogen and oxygen atoms in total. The van der Waals surface area contributed by atoms with Gasteiger partial charge in [0, 0.05) is 44.3 Å². The van der Waals surface area contributed by atoms with Gasteiger partial charge in [0.15, 0.2) is 0 Å². The lowest BCUT2D eigenvalue weighted by molar-refractivity contribution is 0.669. The molecule has 0 radical (unpaired) electrons. The van der Waals surface area contributed by atoms with Crippen molar-refractivity contribution in [3.8, 4) is 27.9 Å². The van der Waals surface area contributed by atoms with Crippen LogP contribution >= 0.6 is 0 Å². The second-order valence-electron chi connectivity index (χ2n) is 13.0. The summed E-state index contributed by atoms with van der Waals surface area (Å²) in [5.74, 6) is 0. The van der Waals surface area contributed by atoms with Gasteiger partial charge in [0.1, 0.15) is 11.2 Å². The summed E-state index contributed by atoms with van der Waals surface area (Å²) in [4.78, 5) is 2.31. The second kappa shape index (κ2) is 11.9. The van der Waals surface area contributed by atoms with E-state index < -0.39 is 0 Å². The first-order valence-electron chi connectivity index (χ1n) is 17.3. The minimum Gasteiger partial charge on any atom is -0.456 e. The van der Waals surface area contributed by atoms with E-state index in [-0.39, 0.29) is 0 Å². The number of furan rings is 1. The van der Waals surface area contributed by atoms with Crippen LogP contribution in [0.1, 0.15) is 0 Å². The van der Waals surface area contributed by atoms with Crippen LogP contribution in [0.2, 0.25) is 0 Å². The smallest absolute Gasteiger partial charge is 0.135 e. The SMILES string of the molecule is c1ccc(-c2ccc(-n3c4ccccc4c4cc(-c5ccc(N(c6ccccc6)c6ccc7oc8ccccc8c7c6)cc5)ccc43)cc2)cc1. The van der Waals surface area contributed by atoms with Crippen LogP contribution in [0.25, 0.3) is 71.7 Å². The topological polar surface area (TPSA) is 21.3 Å². The van der Waals surface area contributed by atoms with Crippen molar-refractivity contribution in [1.29, 1.82) is 0 Å². The van der Waals surface area contributed by atoms with Gasteiger partial charge in [0.2, 0.25) is 0 Å². The van der Waals surface area contributed by atoms with Gasteiger partial charge in [-0.05, 0) is 101 Å². The molecule has 8 aromatic carbocycles. The van der Waals surface area contributed by atoms with Crippen LogP contribution in [0.15, 0.2) is 199 Å². The number of nitrogens with zero attached hydrogens (tertiary/aromatic N) is 2. The van der Waals surface area contributed by atoms with Crippen molar-refractivity contribution in [2.75, 3.05) is 4.90 Å². The van der Waals surface area contributed by atoms with Gasteiger partial charge in [-0.15, -0.1) is 0 Å². The van der Waals surface area contributed by atoms with Crippen LogP contribution < -0.4 is 4.90 Å². The maximum atomic E-state index is 6.15. The predicted molar refractivity (Wildman–Crippen MR) is 214 cm³/mol. The van der Waals surface area contributed by atoms with Crippen molar-refractivity contribution in [2.45, 2.75) is 0 Å². The molecule has 10 aromatic rings. The maximum Gasteiger partial charge on any atom is 0.135 e. The Bertz CT molecular complexity index is 2830. The average molecular weight is 653 g/mol. The molecule has 51 heavy (non-hydrogen) atoms. The lowest BCUT2D eigenvalue weighted by Crippen LogP contribution is -2.09. The van der Waals surface area contributed by atoms with Gasteiger partial charge in [0.05, 0.1) is 11.0 Å². The van der Waals surface area contributed by atoms with E-state index in [4.69, 9.17) is 4.42 Å². The van der Waals surface area contributed by atoms with E-state index >= 15 is 0 Å². The molecule has 0 unspecified atom stereocenters. The van der Waals surface area contributed by atoms with Crippen LogP contribution in [-0.2, 0) is 0 Å². The van der Waals surface area contributed by atoms with Gasteiger partial charge in [-0.1, -0.05) is 115 Å². The Hall–Kier alpha value is -6.84. The van der Waals surface area contributed by atoms with Gasteiger partial charge < -0.3 is 13.9 Å². The molecular formula is C48H32N2O. The number of hydrogen-bond donors (Lipinski definition) is 0. The van der Waals surface area contributed by atoms with Gasteiger partial charge in [-0.3, -0.25) is 0 Å².